The molecule has 0 aromatic heterocycles. The number of likely N-dealkylation sites (tertiary alicyclic amines) is 1. The lowest BCUT2D eigenvalue weighted by atomic mass is 9.93. The van der Waals surface area contributed by atoms with E-state index in [1.54, 1.807) is 18.2 Å². The third-order valence-corrected chi connectivity index (χ3v) is 3.50. The Kier molecular flexibility index (Phi) is 3.56. The molecule has 0 spiro atoms. The first-order valence-corrected chi connectivity index (χ1v) is 6.28. The van der Waals surface area contributed by atoms with E-state index in [0.29, 0.717) is 11.1 Å². The summed E-state index contributed by atoms with van der Waals surface area (Å²) in [6, 6.07) is 7.25. The summed E-state index contributed by atoms with van der Waals surface area (Å²) in [4.78, 5) is 13.7. The van der Waals surface area contributed by atoms with Crippen molar-refractivity contribution in [3.63, 3.8) is 0 Å². The van der Waals surface area contributed by atoms with Crippen LogP contribution in [-0.2, 0) is 6.42 Å². The quantitative estimate of drug-likeness (QED) is 0.815. The molecular weight excluding hydrogens is 242 g/mol. The number of amides is 1. The zero-order chi connectivity index (χ0) is 14.0. The average molecular weight is 259 g/mol. The summed E-state index contributed by atoms with van der Waals surface area (Å²) in [5.41, 5.74) is 6.42. The van der Waals surface area contributed by atoms with Crippen molar-refractivity contribution in [2.24, 2.45) is 5.73 Å². The van der Waals surface area contributed by atoms with E-state index in [0.717, 1.165) is 12.0 Å². The molecule has 19 heavy (non-hydrogen) atoms. The molecule has 1 aromatic carbocycles. The number of carbonyl (C=O) groups excluding carboxylic acids is 1. The summed E-state index contributed by atoms with van der Waals surface area (Å²) >= 11 is 0. The Morgan fingerprint density at radius 2 is 2.26 bits per heavy atom. The van der Waals surface area contributed by atoms with E-state index in [1.165, 1.54) is 4.90 Å². The number of carbonyl (C=O) groups is 1. The second kappa shape index (κ2) is 5.00. The summed E-state index contributed by atoms with van der Waals surface area (Å²) < 4.78 is 0. The molecule has 0 atom stereocenters. The van der Waals surface area contributed by atoms with Gasteiger partial charge in [-0.2, -0.15) is 5.26 Å². The van der Waals surface area contributed by atoms with Crippen LogP contribution < -0.4 is 5.73 Å². The van der Waals surface area contributed by atoms with Crippen LogP contribution >= 0.6 is 0 Å². The second-order valence-corrected chi connectivity index (χ2v) is 4.93. The molecule has 1 fully saturated rings. The SMILES string of the molecule is CCc1ccc(C(=O)N2CC(O)(CN)C2)cc1C#N. The van der Waals surface area contributed by atoms with Gasteiger partial charge in [0.2, 0.25) is 0 Å². The Labute approximate surface area is 112 Å². The fourth-order valence-electron chi connectivity index (χ4n) is 2.24. The Morgan fingerprint density at radius 3 is 2.79 bits per heavy atom. The maximum absolute atomic E-state index is 12.2. The molecule has 1 aliphatic rings. The zero-order valence-electron chi connectivity index (χ0n) is 10.9. The lowest BCUT2D eigenvalue weighted by molar-refractivity contribution is -0.0734. The van der Waals surface area contributed by atoms with Crippen LogP contribution in [0.2, 0.25) is 0 Å². The molecule has 3 N–H and O–H groups in total. The Balaban J connectivity index is 2.16. The van der Waals surface area contributed by atoms with E-state index in [1.807, 2.05) is 6.92 Å². The van der Waals surface area contributed by atoms with Crippen molar-refractivity contribution < 1.29 is 9.90 Å². The van der Waals surface area contributed by atoms with Gasteiger partial charge in [0.25, 0.3) is 5.91 Å². The standard InChI is InChI=1S/C14H17N3O2/c1-2-10-3-4-11(5-12(10)6-15)13(18)17-8-14(19,7-16)9-17/h3-5,19H,2,7-9,16H2,1H3. The largest absolute Gasteiger partial charge is 0.385 e. The third kappa shape index (κ3) is 2.46. The van der Waals surface area contributed by atoms with E-state index in [-0.39, 0.29) is 25.5 Å². The molecule has 0 radical (unpaired) electrons. The molecule has 0 bridgehead atoms. The van der Waals surface area contributed by atoms with Crippen molar-refractivity contribution in [2.45, 2.75) is 18.9 Å². The first kappa shape index (κ1) is 13.5. The van der Waals surface area contributed by atoms with E-state index >= 15 is 0 Å². The van der Waals surface area contributed by atoms with E-state index in [4.69, 9.17) is 11.0 Å². The van der Waals surface area contributed by atoms with Crippen LogP contribution in [0.4, 0.5) is 0 Å². The first-order chi connectivity index (χ1) is 9.03. The molecule has 0 aliphatic carbocycles. The Morgan fingerprint density at radius 1 is 1.58 bits per heavy atom. The maximum atomic E-state index is 12.2. The molecule has 2 rings (SSSR count). The van der Waals surface area contributed by atoms with Gasteiger partial charge in [0, 0.05) is 12.1 Å². The first-order valence-electron chi connectivity index (χ1n) is 6.28. The van der Waals surface area contributed by atoms with Gasteiger partial charge in [0.05, 0.1) is 24.7 Å². The fraction of sp³-hybridized carbons (Fsp3) is 0.429. The van der Waals surface area contributed by atoms with Crippen LogP contribution in [0.15, 0.2) is 18.2 Å². The van der Waals surface area contributed by atoms with Crippen molar-refractivity contribution in [2.75, 3.05) is 19.6 Å². The number of β-amino-alcohol motifs (C(OH)–C–C–N with tert-alkyl or cyclic N) is 1. The number of hydrogen-bond acceptors (Lipinski definition) is 4. The number of nitrogens with zero attached hydrogens (tertiary/aromatic N) is 2. The number of aryl methyl sites for hydroxylation is 1. The minimum absolute atomic E-state index is 0.148. The number of aliphatic hydroxyl groups is 1. The van der Waals surface area contributed by atoms with E-state index in [2.05, 4.69) is 6.07 Å². The lowest BCUT2D eigenvalue weighted by Crippen LogP contribution is -2.66. The number of hydrogen-bond donors (Lipinski definition) is 2. The highest BCUT2D eigenvalue weighted by molar-refractivity contribution is 5.95. The zero-order valence-corrected chi connectivity index (χ0v) is 10.9. The number of benzene rings is 1. The fourth-order valence-corrected chi connectivity index (χ4v) is 2.24. The van der Waals surface area contributed by atoms with E-state index < -0.39 is 5.60 Å². The predicted molar refractivity (Wildman–Crippen MR) is 70.4 cm³/mol. The van der Waals surface area contributed by atoms with Gasteiger partial charge in [-0.1, -0.05) is 13.0 Å². The lowest BCUT2D eigenvalue weighted by Gasteiger charge is -2.45. The highest BCUT2D eigenvalue weighted by Gasteiger charge is 2.42. The van der Waals surface area contributed by atoms with Gasteiger partial charge in [-0.25, -0.2) is 0 Å². The Hall–Kier alpha value is -1.90. The molecule has 1 amide bonds. The summed E-state index contributed by atoms with van der Waals surface area (Å²) in [5.74, 6) is -0.169. The monoisotopic (exact) mass is 259 g/mol. The van der Waals surface area contributed by atoms with Crippen molar-refractivity contribution in [1.29, 1.82) is 5.26 Å². The molecule has 1 aromatic rings. The molecule has 1 saturated heterocycles. The van der Waals surface area contributed by atoms with Crippen molar-refractivity contribution in [1.82, 2.24) is 4.90 Å². The topological polar surface area (TPSA) is 90.3 Å². The highest BCUT2D eigenvalue weighted by Crippen LogP contribution is 2.23. The molecule has 0 unspecified atom stereocenters. The van der Waals surface area contributed by atoms with Crippen LogP contribution in [0.25, 0.3) is 0 Å². The van der Waals surface area contributed by atoms with E-state index in [9.17, 15) is 9.90 Å². The van der Waals surface area contributed by atoms with Crippen LogP contribution in [0.5, 0.6) is 0 Å². The highest BCUT2D eigenvalue weighted by atomic mass is 16.3. The van der Waals surface area contributed by atoms with Crippen LogP contribution in [0.3, 0.4) is 0 Å². The minimum atomic E-state index is -0.947. The minimum Gasteiger partial charge on any atom is -0.385 e. The van der Waals surface area contributed by atoms with Gasteiger partial charge in [0.15, 0.2) is 0 Å². The summed E-state index contributed by atoms with van der Waals surface area (Å²) in [6.07, 6.45) is 0.758. The maximum Gasteiger partial charge on any atom is 0.254 e. The summed E-state index contributed by atoms with van der Waals surface area (Å²) in [7, 11) is 0. The molecule has 0 saturated carbocycles. The number of nitrogens with two attached hydrogens (primary N) is 1. The molecule has 5 nitrogen and oxygen atoms in total. The molecule has 1 heterocycles. The van der Waals surface area contributed by atoms with Gasteiger partial charge in [-0.3, -0.25) is 4.79 Å². The molecular formula is C14H17N3O2. The van der Waals surface area contributed by atoms with Gasteiger partial charge >= 0.3 is 0 Å². The summed E-state index contributed by atoms with van der Waals surface area (Å²) in [6.45, 7) is 2.61. The van der Waals surface area contributed by atoms with Crippen LogP contribution in [0, 0.1) is 11.3 Å². The number of nitriles is 1. The van der Waals surface area contributed by atoms with Crippen molar-refractivity contribution in [3.05, 3.63) is 34.9 Å². The van der Waals surface area contributed by atoms with Crippen LogP contribution in [0.1, 0.15) is 28.4 Å². The van der Waals surface area contributed by atoms with Gasteiger partial charge in [-0.15, -0.1) is 0 Å². The van der Waals surface area contributed by atoms with Crippen LogP contribution in [-0.4, -0.2) is 41.1 Å². The molecule has 5 heteroatoms. The average Bonchev–Trinajstić information content (AvgIpc) is 2.42. The smallest absolute Gasteiger partial charge is 0.254 e. The van der Waals surface area contributed by atoms with Gasteiger partial charge < -0.3 is 15.7 Å². The molecule has 100 valence electrons. The second-order valence-electron chi connectivity index (χ2n) is 4.93. The third-order valence-electron chi connectivity index (χ3n) is 3.50. The Bertz CT molecular complexity index is 542. The van der Waals surface area contributed by atoms with Gasteiger partial charge in [0.1, 0.15) is 5.60 Å². The van der Waals surface area contributed by atoms with Gasteiger partial charge in [-0.05, 0) is 24.1 Å². The predicted octanol–water partition coefficient (Wildman–Crippen LogP) is 0.266. The normalized spacial score (nSPS) is 16.6. The van der Waals surface area contributed by atoms with Crippen molar-refractivity contribution >= 4 is 5.91 Å². The van der Waals surface area contributed by atoms with Crippen molar-refractivity contribution in [3.8, 4) is 6.07 Å². The summed E-state index contributed by atoms with van der Waals surface area (Å²) in [5, 5.41) is 18.9. The number of rotatable bonds is 3. The molecule has 1 aliphatic heterocycles.